The van der Waals surface area contributed by atoms with E-state index >= 15 is 0 Å². The molecule has 3 rings (SSSR count). The van der Waals surface area contributed by atoms with Gasteiger partial charge in [-0.05, 0) is 36.6 Å². The van der Waals surface area contributed by atoms with E-state index in [1.165, 1.54) is 0 Å². The van der Waals surface area contributed by atoms with Crippen molar-refractivity contribution in [2.45, 2.75) is 26.3 Å². The first-order valence-electron chi connectivity index (χ1n) is 8.64. The van der Waals surface area contributed by atoms with Crippen LogP contribution in [0.4, 0.5) is 5.95 Å². The molecule has 0 radical (unpaired) electrons. The topological polar surface area (TPSA) is 86.9 Å². The summed E-state index contributed by atoms with van der Waals surface area (Å²) in [5.41, 5.74) is 2.14. The van der Waals surface area contributed by atoms with Crippen LogP contribution in [0, 0.1) is 5.92 Å². The molecule has 0 fully saturated rings. The molecule has 134 valence electrons. The van der Waals surface area contributed by atoms with Crippen molar-refractivity contribution in [3.8, 4) is 0 Å². The number of fused-ring (bicyclic) bond motifs is 1. The molecule has 3 aromatic rings. The lowest BCUT2D eigenvalue weighted by atomic mass is 10.0. The average Bonchev–Trinajstić information content (AvgIpc) is 3.03. The van der Waals surface area contributed by atoms with Crippen LogP contribution in [0.15, 0.2) is 54.6 Å². The van der Waals surface area contributed by atoms with E-state index in [0.717, 1.165) is 11.0 Å². The van der Waals surface area contributed by atoms with Crippen molar-refractivity contribution >= 4 is 28.8 Å². The van der Waals surface area contributed by atoms with Crippen LogP contribution in [0.3, 0.4) is 0 Å². The van der Waals surface area contributed by atoms with Gasteiger partial charge in [0, 0.05) is 5.56 Å². The van der Waals surface area contributed by atoms with Gasteiger partial charge in [-0.15, -0.1) is 0 Å². The quantitative estimate of drug-likeness (QED) is 0.637. The normalized spacial score (nSPS) is 12.1. The van der Waals surface area contributed by atoms with Crippen molar-refractivity contribution in [1.82, 2.24) is 15.3 Å². The summed E-state index contributed by atoms with van der Waals surface area (Å²) in [6, 6.07) is 15.8. The minimum Gasteiger partial charge on any atom is -0.340 e. The lowest BCUT2D eigenvalue weighted by molar-refractivity contribution is -0.118. The summed E-state index contributed by atoms with van der Waals surface area (Å²) < 4.78 is 0. The minimum atomic E-state index is -0.643. The van der Waals surface area contributed by atoms with Crippen molar-refractivity contribution < 1.29 is 9.59 Å². The minimum absolute atomic E-state index is 0.248. The summed E-state index contributed by atoms with van der Waals surface area (Å²) in [7, 11) is 0. The first-order chi connectivity index (χ1) is 12.5. The lowest BCUT2D eigenvalue weighted by Crippen LogP contribution is -2.44. The molecule has 2 amide bonds. The fourth-order valence-corrected chi connectivity index (χ4v) is 2.75. The van der Waals surface area contributed by atoms with E-state index < -0.39 is 6.04 Å². The summed E-state index contributed by atoms with van der Waals surface area (Å²) in [6.07, 6.45) is 0.532. The Morgan fingerprint density at radius 2 is 1.73 bits per heavy atom. The molecular weight excluding hydrogens is 328 g/mol. The summed E-state index contributed by atoms with van der Waals surface area (Å²) in [5.74, 6) is 0.0643. The number of hydrogen-bond donors (Lipinski definition) is 3. The number of anilines is 1. The summed E-state index contributed by atoms with van der Waals surface area (Å²) in [4.78, 5) is 32.5. The van der Waals surface area contributed by atoms with E-state index in [1.54, 1.807) is 24.3 Å². The predicted molar refractivity (Wildman–Crippen MR) is 102 cm³/mol. The van der Waals surface area contributed by atoms with Crippen molar-refractivity contribution in [3.63, 3.8) is 0 Å². The molecule has 1 heterocycles. The van der Waals surface area contributed by atoms with Gasteiger partial charge in [0.2, 0.25) is 11.9 Å². The summed E-state index contributed by atoms with van der Waals surface area (Å²) >= 11 is 0. The molecule has 0 aliphatic carbocycles. The largest absolute Gasteiger partial charge is 0.340 e. The van der Waals surface area contributed by atoms with E-state index in [4.69, 9.17) is 0 Å². The summed E-state index contributed by atoms with van der Waals surface area (Å²) in [6.45, 7) is 4.02. The molecule has 1 aromatic heterocycles. The predicted octanol–water partition coefficient (Wildman–Crippen LogP) is 3.35. The molecule has 6 nitrogen and oxygen atoms in total. The molecule has 0 saturated carbocycles. The van der Waals surface area contributed by atoms with Crippen LogP contribution in [-0.2, 0) is 4.79 Å². The zero-order chi connectivity index (χ0) is 18.5. The van der Waals surface area contributed by atoms with Gasteiger partial charge in [-0.25, -0.2) is 4.98 Å². The molecule has 2 aromatic carbocycles. The number of imidazole rings is 1. The van der Waals surface area contributed by atoms with Crippen molar-refractivity contribution in [2.24, 2.45) is 5.92 Å². The molecule has 0 saturated heterocycles. The van der Waals surface area contributed by atoms with Gasteiger partial charge in [0.1, 0.15) is 6.04 Å². The monoisotopic (exact) mass is 350 g/mol. The number of para-hydroxylation sites is 2. The second-order valence-corrected chi connectivity index (χ2v) is 6.61. The highest BCUT2D eigenvalue weighted by molar-refractivity contribution is 6.01. The third-order valence-corrected chi connectivity index (χ3v) is 4.00. The number of amides is 2. The standard InChI is InChI=1S/C20H22N4O2/c1-13(2)12-17(21-18(25)14-8-4-3-5-9-14)19(26)24-20-22-15-10-6-7-11-16(15)23-20/h3-11,13,17H,12H2,1-2H3,(H,21,25)(H2,22,23,24,26)/t17-/m1/s1. The smallest absolute Gasteiger partial charge is 0.251 e. The second kappa shape index (κ2) is 7.82. The molecule has 0 bridgehead atoms. The van der Waals surface area contributed by atoms with E-state index in [1.807, 2.05) is 44.2 Å². The zero-order valence-electron chi connectivity index (χ0n) is 14.8. The Morgan fingerprint density at radius 1 is 1.04 bits per heavy atom. The molecule has 0 spiro atoms. The van der Waals surface area contributed by atoms with E-state index in [0.29, 0.717) is 17.9 Å². The zero-order valence-corrected chi connectivity index (χ0v) is 14.8. The van der Waals surface area contributed by atoms with Gasteiger partial charge in [0.15, 0.2) is 0 Å². The molecule has 26 heavy (non-hydrogen) atoms. The molecular formula is C20H22N4O2. The second-order valence-electron chi connectivity index (χ2n) is 6.61. The summed E-state index contributed by atoms with van der Waals surface area (Å²) in [5, 5.41) is 5.60. The number of H-pyrrole nitrogens is 1. The SMILES string of the molecule is CC(C)C[C@@H](NC(=O)c1ccccc1)C(=O)Nc1nc2ccccc2[nH]1. The Hall–Kier alpha value is -3.15. The van der Waals surface area contributed by atoms with Gasteiger partial charge in [0.05, 0.1) is 11.0 Å². The Bertz CT molecular complexity index is 869. The first kappa shape index (κ1) is 17.7. The molecule has 0 aliphatic heterocycles. The van der Waals surface area contributed by atoms with Gasteiger partial charge in [0.25, 0.3) is 5.91 Å². The third kappa shape index (κ3) is 4.27. The van der Waals surface area contributed by atoms with Gasteiger partial charge in [-0.3, -0.25) is 14.9 Å². The fraction of sp³-hybridized carbons (Fsp3) is 0.250. The van der Waals surface area contributed by atoms with E-state index in [9.17, 15) is 9.59 Å². The van der Waals surface area contributed by atoms with Crippen molar-refractivity contribution in [1.29, 1.82) is 0 Å². The van der Waals surface area contributed by atoms with Crippen LogP contribution < -0.4 is 10.6 Å². The Morgan fingerprint density at radius 3 is 2.42 bits per heavy atom. The van der Waals surface area contributed by atoms with Gasteiger partial charge in [-0.1, -0.05) is 44.2 Å². The number of aromatic amines is 1. The number of carbonyl (C=O) groups excluding carboxylic acids is 2. The first-order valence-corrected chi connectivity index (χ1v) is 8.64. The fourth-order valence-electron chi connectivity index (χ4n) is 2.75. The van der Waals surface area contributed by atoms with Gasteiger partial charge >= 0.3 is 0 Å². The Kier molecular flexibility index (Phi) is 5.31. The van der Waals surface area contributed by atoms with E-state index in [2.05, 4.69) is 20.6 Å². The number of aromatic nitrogens is 2. The van der Waals surface area contributed by atoms with Crippen LogP contribution >= 0.6 is 0 Å². The van der Waals surface area contributed by atoms with Crippen LogP contribution in [-0.4, -0.2) is 27.8 Å². The number of hydrogen-bond acceptors (Lipinski definition) is 3. The number of rotatable bonds is 6. The number of carbonyl (C=O) groups is 2. The van der Waals surface area contributed by atoms with Crippen LogP contribution in [0.1, 0.15) is 30.6 Å². The maximum Gasteiger partial charge on any atom is 0.251 e. The maximum absolute atomic E-state index is 12.7. The highest BCUT2D eigenvalue weighted by atomic mass is 16.2. The molecule has 3 N–H and O–H groups in total. The van der Waals surface area contributed by atoms with Crippen molar-refractivity contribution in [2.75, 3.05) is 5.32 Å². The number of benzene rings is 2. The maximum atomic E-state index is 12.7. The van der Waals surface area contributed by atoms with Crippen LogP contribution in [0.5, 0.6) is 0 Å². The Balaban J connectivity index is 1.73. The third-order valence-electron chi connectivity index (χ3n) is 4.00. The van der Waals surface area contributed by atoms with Crippen LogP contribution in [0.25, 0.3) is 11.0 Å². The number of nitrogens with zero attached hydrogens (tertiary/aromatic N) is 1. The highest BCUT2D eigenvalue weighted by Crippen LogP contribution is 2.14. The molecule has 6 heteroatoms. The Labute approximate surface area is 152 Å². The average molecular weight is 350 g/mol. The van der Waals surface area contributed by atoms with Gasteiger partial charge < -0.3 is 10.3 Å². The molecule has 1 atom stereocenters. The molecule has 0 unspecified atom stereocenters. The van der Waals surface area contributed by atoms with Crippen molar-refractivity contribution in [3.05, 3.63) is 60.2 Å². The highest BCUT2D eigenvalue weighted by Gasteiger charge is 2.23. The molecule has 0 aliphatic rings. The van der Waals surface area contributed by atoms with E-state index in [-0.39, 0.29) is 17.7 Å². The number of nitrogens with one attached hydrogen (secondary N) is 3. The van der Waals surface area contributed by atoms with Gasteiger partial charge in [-0.2, -0.15) is 0 Å². The lowest BCUT2D eigenvalue weighted by Gasteiger charge is -2.19. The van der Waals surface area contributed by atoms with Crippen LogP contribution in [0.2, 0.25) is 0 Å².